The molecule has 0 aromatic heterocycles. The molecule has 1 N–H and O–H groups in total. The highest BCUT2D eigenvalue weighted by Gasteiger charge is 2.19. The molecule has 110 valence electrons. The van der Waals surface area contributed by atoms with Gasteiger partial charge in [-0.3, -0.25) is 14.9 Å². The summed E-state index contributed by atoms with van der Waals surface area (Å²) in [5.41, 5.74) is -0.301. The molecule has 1 rings (SSSR count). The van der Waals surface area contributed by atoms with Crippen LogP contribution in [0.1, 0.15) is 17.3 Å². The van der Waals surface area contributed by atoms with E-state index in [1.54, 1.807) is 7.11 Å². The second kappa shape index (κ2) is 7.42. The Balaban J connectivity index is 2.89. The van der Waals surface area contributed by atoms with Crippen molar-refractivity contribution in [3.05, 3.63) is 37.9 Å². The minimum absolute atomic E-state index is 0.00541. The van der Waals surface area contributed by atoms with Crippen molar-refractivity contribution in [2.24, 2.45) is 5.92 Å². The molecule has 1 aromatic rings. The molecule has 0 aliphatic heterocycles. The van der Waals surface area contributed by atoms with E-state index in [0.717, 1.165) is 12.1 Å². The highest BCUT2D eigenvalue weighted by atomic mass is 35.5. The lowest BCUT2D eigenvalue weighted by molar-refractivity contribution is -0.384. The molecule has 20 heavy (non-hydrogen) atoms. The second-order valence-electron chi connectivity index (χ2n) is 4.32. The monoisotopic (exact) mass is 320 g/mol. The molecule has 0 saturated heterocycles. The topological polar surface area (TPSA) is 81.5 Å². The van der Waals surface area contributed by atoms with Crippen LogP contribution in [0.25, 0.3) is 0 Å². The van der Waals surface area contributed by atoms with Crippen LogP contribution < -0.4 is 5.32 Å². The number of methoxy groups -OCH3 is 1. The number of hydrogen-bond donors (Lipinski definition) is 1. The predicted molar refractivity (Wildman–Crippen MR) is 76.5 cm³/mol. The number of nitro groups is 1. The van der Waals surface area contributed by atoms with E-state index in [9.17, 15) is 14.9 Å². The van der Waals surface area contributed by atoms with Crippen LogP contribution >= 0.6 is 23.2 Å². The summed E-state index contributed by atoms with van der Waals surface area (Å²) in [6, 6.07) is 2.21. The first-order valence-corrected chi connectivity index (χ1v) is 6.53. The van der Waals surface area contributed by atoms with Crippen molar-refractivity contribution in [2.45, 2.75) is 6.92 Å². The van der Waals surface area contributed by atoms with Crippen LogP contribution in [0.2, 0.25) is 10.0 Å². The van der Waals surface area contributed by atoms with Crippen LogP contribution in [0.3, 0.4) is 0 Å². The molecule has 1 aromatic carbocycles. The average Bonchev–Trinajstić information content (AvgIpc) is 2.39. The van der Waals surface area contributed by atoms with Crippen molar-refractivity contribution < 1.29 is 14.5 Å². The van der Waals surface area contributed by atoms with Gasteiger partial charge in [0, 0.05) is 25.8 Å². The number of nitrogens with one attached hydrogen (secondary N) is 1. The standard InChI is InChI=1S/C12H14Cl2N2O4/c1-7(6-20-2)5-15-12(17)9-3-8(16(18)19)4-10(13)11(9)14/h3-4,7H,5-6H2,1-2H3,(H,15,17). The molecule has 0 spiro atoms. The number of nitro benzene ring substituents is 1. The molecule has 0 heterocycles. The molecule has 0 bridgehead atoms. The number of carbonyl (C=O) groups excluding carboxylic acids is 1. The fraction of sp³-hybridized carbons (Fsp3) is 0.417. The largest absolute Gasteiger partial charge is 0.384 e. The third-order valence-corrected chi connectivity index (χ3v) is 3.33. The van der Waals surface area contributed by atoms with Crippen molar-refractivity contribution in [2.75, 3.05) is 20.3 Å². The van der Waals surface area contributed by atoms with Crippen molar-refractivity contribution in [1.82, 2.24) is 5.32 Å². The normalized spacial score (nSPS) is 12.0. The number of carbonyl (C=O) groups is 1. The fourth-order valence-electron chi connectivity index (χ4n) is 1.55. The highest BCUT2D eigenvalue weighted by Crippen LogP contribution is 2.30. The predicted octanol–water partition coefficient (Wildman–Crippen LogP) is 2.91. The lowest BCUT2D eigenvalue weighted by Gasteiger charge is -2.12. The summed E-state index contributed by atoms with van der Waals surface area (Å²) in [5.74, 6) is -0.402. The van der Waals surface area contributed by atoms with Gasteiger partial charge in [-0.2, -0.15) is 0 Å². The van der Waals surface area contributed by atoms with Crippen LogP contribution in [0.15, 0.2) is 12.1 Å². The van der Waals surface area contributed by atoms with Crippen molar-refractivity contribution in [3.63, 3.8) is 0 Å². The Morgan fingerprint density at radius 2 is 2.15 bits per heavy atom. The Morgan fingerprint density at radius 1 is 1.50 bits per heavy atom. The van der Waals surface area contributed by atoms with E-state index in [-0.39, 0.29) is 27.2 Å². The van der Waals surface area contributed by atoms with Crippen LogP contribution in [-0.2, 0) is 4.74 Å². The molecule has 6 nitrogen and oxygen atoms in total. The Kier molecular flexibility index (Phi) is 6.19. The number of rotatable bonds is 6. The highest BCUT2D eigenvalue weighted by molar-refractivity contribution is 6.44. The lowest BCUT2D eigenvalue weighted by atomic mass is 10.1. The summed E-state index contributed by atoms with van der Waals surface area (Å²) in [4.78, 5) is 22.1. The fourth-order valence-corrected chi connectivity index (χ4v) is 1.96. The van der Waals surface area contributed by atoms with Gasteiger partial charge >= 0.3 is 0 Å². The van der Waals surface area contributed by atoms with E-state index < -0.39 is 10.8 Å². The number of nitrogens with zero attached hydrogens (tertiary/aromatic N) is 1. The Bertz CT molecular complexity index is 522. The third-order valence-electron chi connectivity index (χ3n) is 2.53. The van der Waals surface area contributed by atoms with Gasteiger partial charge in [-0.05, 0) is 5.92 Å². The number of non-ortho nitro benzene ring substituents is 1. The van der Waals surface area contributed by atoms with Gasteiger partial charge in [0.1, 0.15) is 0 Å². The average molecular weight is 321 g/mol. The zero-order valence-electron chi connectivity index (χ0n) is 11.0. The molecule has 0 aliphatic carbocycles. The van der Waals surface area contributed by atoms with Gasteiger partial charge in [0.05, 0.1) is 27.1 Å². The number of ether oxygens (including phenoxy) is 1. The van der Waals surface area contributed by atoms with Gasteiger partial charge in [0.15, 0.2) is 0 Å². The number of halogens is 2. The van der Waals surface area contributed by atoms with Crippen molar-refractivity contribution in [3.8, 4) is 0 Å². The van der Waals surface area contributed by atoms with Crippen LogP contribution in [0.4, 0.5) is 5.69 Å². The van der Waals surface area contributed by atoms with Gasteiger partial charge in [-0.25, -0.2) is 0 Å². The van der Waals surface area contributed by atoms with E-state index in [1.807, 2.05) is 6.92 Å². The molecule has 0 aliphatic rings. The quantitative estimate of drug-likeness (QED) is 0.645. The van der Waals surface area contributed by atoms with Crippen molar-refractivity contribution in [1.29, 1.82) is 0 Å². The SMILES string of the molecule is COCC(C)CNC(=O)c1cc([N+](=O)[O-])cc(Cl)c1Cl. The summed E-state index contributed by atoms with van der Waals surface area (Å²) in [6.07, 6.45) is 0. The molecular weight excluding hydrogens is 307 g/mol. The minimum atomic E-state index is -0.632. The first-order chi connectivity index (χ1) is 9.36. The molecule has 1 unspecified atom stereocenters. The lowest BCUT2D eigenvalue weighted by Crippen LogP contribution is -2.30. The van der Waals surface area contributed by atoms with Gasteiger partial charge in [0.2, 0.25) is 0 Å². The van der Waals surface area contributed by atoms with Crippen molar-refractivity contribution >= 4 is 34.8 Å². The third kappa shape index (κ3) is 4.33. The molecule has 1 atom stereocenters. The van der Waals surface area contributed by atoms with Gasteiger partial charge in [-0.15, -0.1) is 0 Å². The first-order valence-electron chi connectivity index (χ1n) is 5.77. The second-order valence-corrected chi connectivity index (χ2v) is 5.10. The Hall–Kier alpha value is -1.37. The maximum atomic E-state index is 12.0. The van der Waals surface area contributed by atoms with E-state index in [0.29, 0.717) is 13.2 Å². The molecule has 0 fully saturated rings. The summed E-state index contributed by atoms with van der Waals surface area (Å²) >= 11 is 11.7. The van der Waals surface area contributed by atoms with Gasteiger partial charge in [0.25, 0.3) is 11.6 Å². The zero-order chi connectivity index (χ0) is 15.3. The maximum absolute atomic E-state index is 12.0. The molecule has 0 radical (unpaired) electrons. The Morgan fingerprint density at radius 3 is 2.70 bits per heavy atom. The van der Waals surface area contributed by atoms with Crippen LogP contribution in [0, 0.1) is 16.0 Å². The van der Waals surface area contributed by atoms with E-state index in [4.69, 9.17) is 27.9 Å². The van der Waals surface area contributed by atoms with Gasteiger partial charge < -0.3 is 10.1 Å². The smallest absolute Gasteiger partial charge is 0.271 e. The van der Waals surface area contributed by atoms with Crippen LogP contribution in [0.5, 0.6) is 0 Å². The number of benzene rings is 1. The molecule has 1 amide bonds. The summed E-state index contributed by atoms with van der Waals surface area (Å²) < 4.78 is 4.95. The van der Waals surface area contributed by atoms with E-state index in [2.05, 4.69) is 5.32 Å². The summed E-state index contributed by atoms with van der Waals surface area (Å²) in [6.45, 7) is 2.75. The first kappa shape index (κ1) is 16.7. The summed E-state index contributed by atoms with van der Waals surface area (Å²) in [5, 5.41) is 13.3. The zero-order valence-corrected chi connectivity index (χ0v) is 12.5. The maximum Gasteiger partial charge on any atom is 0.271 e. The van der Waals surface area contributed by atoms with Crippen LogP contribution in [-0.4, -0.2) is 31.1 Å². The summed E-state index contributed by atoms with van der Waals surface area (Å²) in [7, 11) is 1.56. The van der Waals surface area contributed by atoms with E-state index in [1.165, 1.54) is 0 Å². The Labute approximate surface area is 126 Å². The minimum Gasteiger partial charge on any atom is -0.384 e. The van der Waals surface area contributed by atoms with E-state index >= 15 is 0 Å². The molecule has 8 heteroatoms. The molecule has 0 saturated carbocycles. The van der Waals surface area contributed by atoms with Gasteiger partial charge in [-0.1, -0.05) is 30.1 Å². The number of amides is 1. The number of hydrogen-bond acceptors (Lipinski definition) is 4. The molecular formula is C12H14Cl2N2O4.